The first kappa shape index (κ1) is 22.5. The average Bonchev–Trinajstić information content (AvgIpc) is 3.23. The molecule has 0 spiro atoms. The van der Waals surface area contributed by atoms with Crippen LogP contribution in [0.5, 0.6) is 0 Å². The molecule has 1 fully saturated rings. The lowest BCUT2D eigenvalue weighted by Gasteiger charge is -2.28. The van der Waals surface area contributed by atoms with Gasteiger partial charge < -0.3 is 20.9 Å². The monoisotopic (exact) mass is 513 g/mol. The fraction of sp³-hybridized carbons (Fsp3) is 0.400. The van der Waals surface area contributed by atoms with E-state index in [0.29, 0.717) is 25.6 Å². The molecule has 0 aliphatic carbocycles. The number of nitrogens with zero attached hydrogens (tertiary/aromatic N) is 2. The molecule has 0 radical (unpaired) electrons. The minimum absolute atomic E-state index is 0. The highest BCUT2D eigenvalue weighted by molar-refractivity contribution is 14.0. The van der Waals surface area contributed by atoms with Crippen molar-refractivity contribution >= 4 is 52.9 Å². The summed E-state index contributed by atoms with van der Waals surface area (Å²) < 4.78 is 0. The first-order chi connectivity index (χ1) is 13.2. The topological polar surface area (TPSA) is 68.8 Å². The van der Waals surface area contributed by atoms with E-state index in [1.165, 1.54) is 11.1 Å². The number of thiophene rings is 1. The lowest BCUT2D eigenvalue weighted by atomic mass is 10.1. The molecule has 1 aromatic carbocycles. The van der Waals surface area contributed by atoms with Gasteiger partial charge in [-0.25, -0.2) is 0 Å². The van der Waals surface area contributed by atoms with Gasteiger partial charge in [0.1, 0.15) is 0 Å². The molecule has 3 N–H and O–H groups in total. The van der Waals surface area contributed by atoms with Crippen molar-refractivity contribution in [3.63, 3.8) is 0 Å². The van der Waals surface area contributed by atoms with Gasteiger partial charge in [-0.2, -0.15) is 11.3 Å². The Morgan fingerprint density at radius 2 is 2.07 bits per heavy atom. The Labute approximate surface area is 187 Å². The van der Waals surface area contributed by atoms with Crippen LogP contribution in [0.2, 0.25) is 0 Å². The number of rotatable bonds is 6. The summed E-state index contributed by atoms with van der Waals surface area (Å²) in [7, 11) is 1.79. The number of guanidine groups is 1. The number of piperazine rings is 1. The average molecular weight is 513 g/mol. The number of hydrogen-bond acceptors (Lipinski definition) is 4. The largest absolute Gasteiger partial charge is 0.360 e. The molecule has 1 aliphatic rings. The third kappa shape index (κ3) is 6.37. The normalized spacial score (nSPS) is 15.4. The van der Waals surface area contributed by atoms with Gasteiger partial charge in [-0.3, -0.25) is 9.79 Å². The van der Waals surface area contributed by atoms with Crippen LogP contribution in [0.4, 0.5) is 5.69 Å². The third-order valence-corrected chi connectivity index (χ3v) is 5.41. The van der Waals surface area contributed by atoms with Crippen LogP contribution < -0.4 is 20.9 Å². The van der Waals surface area contributed by atoms with E-state index in [-0.39, 0.29) is 29.9 Å². The molecule has 0 saturated carbocycles. The van der Waals surface area contributed by atoms with Crippen LogP contribution in [0.15, 0.2) is 46.1 Å². The van der Waals surface area contributed by atoms with E-state index in [4.69, 9.17) is 0 Å². The Hall–Kier alpha value is -1.81. The number of carbonyl (C=O) groups excluding carboxylic acids is 1. The minimum atomic E-state index is 0. The number of nitrogens with one attached hydrogen (secondary N) is 3. The van der Waals surface area contributed by atoms with Crippen molar-refractivity contribution in [3.8, 4) is 0 Å². The number of carbonyl (C=O) groups is 1. The number of aliphatic imine (C=N–C) groups is 1. The summed E-state index contributed by atoms with van der Waals surface area (Å²) >= 11 is 1.73. The quantitative estimate of drug-likeness (QED) is 0.316. The van der Waals surface area contributed by atoms with Gasteiger partial charge in [0.05, 0.1) is 6.54 Å². The number of hydrogen-bond donors (Lipinski definition) is 3. The number of anilines is 1. The maximum Gasteiger partial charge on any atom is 0.239 e. The molecule has 6 nitrogen and oxygen atoms in total. The summed E-state index contributed by atoms with van der Waals surface area (Å²) in [6, 6.07) is 10.5. The van der Waals surface area contributed by atoms with E-state index in [1.807, 2.05) is 0 Å². The van der Waals surface area contributed by atoms with Gasteiger partial charge in [-0.15, -0.1) is 24.0 Å². The molecule has 1 amide bonds. The fourth-order valence-corrected chi connectivity index (χ4v) is 3.80. The van der Waals surface area contributed by atoms with Gasteiger partial charge in [0.15, 0.2) is 5.96 Å². The van der Waals surface area contributed by atoms with Crippen LogP contribution in [-0.4, -0.2) is 45.1 Å². The maximum atomic E-state index is 11.5. The van der Waals surface area contributed by atoms with Gasteiger partial charge in [0, 0.05) is 38.9 Å². The Kier molecular flexibility index (Phi) is 9.04. The van der Waals surface area contributed by atoms with Crippen LogP contribution >= 0.6 is 35.3 Å². The summed E-state index contributed by atoms with van der Waals surface area (Å²) in [5.74, 6) is 1.32. The molecule has 3 rings (SSSR count). The van der Waals surface area contributed by atoms with E-state index in [2.05, 4.69) is 73.9 Å². The van der Waals surface area contributed by atoms with Crippen molar-refractivity contribution < 1.29 is 4.79 Å². The molecule has 152 valence electrons. The highest BCUT2D eigenvalue weighted by Gasteiger charge is 2.16. The molecule has 1 atom stereocenters. The molecule has 1 saturated heterocycles. The summed E-state index contributed by atoms with van der Waals surface area (Å²) in [4.78, 5) is 17.9. The van der Waals surface area contributed by atoms with Crippen molar-refractivity contribution in [2.75, 3.05) is 38.1 Å². The van der Waals surface area contributed by atoms with E-state index >= 15 is 0 Å². The zero-order valence-electron chi connectivity index (χ0n) is 16.3. The second-order valence-electron chi connectivity index (χ2n) is 6.70. The van der Waals surface area contributed by atoms with Crippen molar-refractivity contribution in [3.05, 3.63) is 52.2 Å². The zero-order chi connectivity index (χ0) is 19.1. The number of halogens is 1. The Morgan fingerprint density at radius 1 is 1.29 bits per heavy atom. The van der Waals surface area contributed by atoms with Crippen LogP contribution in [0.25, 0.3) is 0 Å². The maximum absolute atomic E-state index is 11.5. The Balaban J connectivity index is 0.00000280. The molecule has 1 aliphatic heterocycles. The number of benzene rings is 1. The molecule has 2 heterocycles. The van der Waals surface area contributed by atoms with Gasteiger partial charge >= 0.3 is 0 Å². The molecule has 1 aromatic heterocycles. The smallest absolute Gasteiger partial charge is 0.239 e. The first-order valence-corrected chi connectivity index (χ1v) is 10.2. The molecule has 0 bridgehead atoms. The van der Waals surface area contributed by atoms with Crippen LogP contribution in [-0.2, 0) is 11.3 Å². The summed E-state index contributed by atoms with van der Waals surface area (Å²) in [5.41, 5.74) is 3.61. The number of amides is 1. The molecular weight excluding hydrogens is 485 g/mol. The molecule has 2 aromatic rings. The molecule has 1 unspecified atom stereocenters. The van der Waals surface area contributed by atoms with Gasteiger partial charge in [0.25, 0.3) is 0 Å². The standard InChI is InChI=1S/C20H27N5OS.HI/c1-15(17-7-10-27-14-17)11-23-20(21-2)24-12-16-3-5-18(6-4-16)25-9-8-22-19(26)13-25;/h3-7,10,14-15H,8-9,11-13H2,1-2H3,(H,22,26)(H2,21,23,24);1H. The lowest BCUT2D eigenvalue weighted by molar-refractivity contribution is -0.120. The van der Waals surface area contributed by atoms with Crippen LogP contribution in [0.1, 0.15) is 24.0 Å². The molecule has 8 heteroatoms. The van der Waals surface area contributed by atoms with Gasteiger partial charge in [-0.05, 0) is 46.0 Å². The Morgan fingerprint density at radius 3 is 2.71 bits per heavy atom. The van der Waals surface area contributed by atoms with Crippen molar-refractivity contribution in [1.29, 1.82) is 0 Å². The van der Waals surface area contributed by atoms with Gasteiger partial charge in [0.2, 0.25) is 5.91 Å². The Bertz CT molecular complexity index is 763. The molecular formula is C20H28IN5OS. The van der Waals surface area contributed by atoms with E-state index < -0.39 is 0 Å². The van der Waals surface area contributed by atoms with E-state index in [1.54, 1.807) is 18.4 Å². The van der Waals surface area contributed by atoms with E-state index in [0.717, 1.165) is 24.7 Å². The highest BCUT2D eigenvalue weighted by atomic mass is 127. The van der Waals surface area contributed by atoms with Crippen LogP contribution in [0, 0.1) is 0 Å². The van der Waals surface area contributed by atoms with E-state index in [9.17, 15) is 4.79 Å². The SMILES string of the molecule is CN=C(NCc1ccc(N2CCNC(=O)C2)cc1)NCC(C)c1ccsc1.I. The second kappa shape index (κ2) is 11.3. The van der Waals surface area contributed by atoms with Crippen LogP contribution in [0.3, 0.4) is 0 Å². The summed E-state index contributed by atoms with van der Waals surface area (Å²) in [6.07, 6.45) is 0. The predicted molar refractivity (Wildman–Crippen MR) is 128 cm³/mol. The van der Waals surface area contributed by atoms with Gasteiger partial charge in [-0.1, -0.05) is 19.1 Å². The summed E-state index contributed by atoms with van der Waals surface area (Å²) in [6.45, 7) is 5.73. The lowest BCUT2D eigenvalue weighted by Crippen LogP contribution is -2.47. The third-order valence-electron chi connectivity index (χ3n) is 4.71. The van der Waals surface area contributed by atoms with Crippen molar-refractivity contribution in [2.24, 2.45) is 4.99 Å². The minimum Gasteiger partial charge on any atom is -0.360 e. The highest BCUT2D eigenvalue weighted by Crippen LogP contribution is 2.17. The fourth-order valence-electron chi connectivity index (χ4n) is 3.01. The second-order valence-corrected chi connectivity index (χ2v) is 7.48. The van der Waals surface area contributed by atoms with Crippen molar-refractivity contribution in [1.82, 2.24) is 16.0 Å². The molecule has 28 heavy (non-hydrogen) atoms. The zero-order valence-corrected chi connectivity index (χ0v) is 19.4. The predicted octanol–water partition coefficient (Wildman–Crippen LogP) is 2.77. The first-order valence-electron chi connectivity index (χ1n) is 9.23. The summed E-state index contributed by atoms with van der Waals surface area (Å²) in [5, 5.41) is 13.9. The van der Waals surface area contributed by atoms with Crippen molar-refractivity contribution in [2.45, 2.75) is 19.4 Å².